The molecule has 0 aromatic heterocycles. The molecular weight excluding hydrogens is 625 g/mol. The molecular formula is C32H37F3N4O6S. The highest BCUT2D eigenvalue weighted by Crippen LogP contribution is 2.37. The summed E-state index contributed by atoms with van der Waals surface area (Å²) in [5.74, 6) is -1.57. The number of carbonyl (C=O) groups excluding carboxylic acids is 1. The van der Waals surface area contributed by atoms with Gasteiger partial charge in [-0.3, -0.25) is 9.69 Å². The average molecular weight is 663 g/mol. The lowest BCUT2D eigenvalue weighted by molar-refractivity contribution is -0.274. The van der Waals surface area contributed by atoms with Crippen LogP contribution in [0.3, 0.4) is 0 Å². The number of rotatable bonds is 10. The summed E-state index contributed by atoms with van der Waals surface area (Å²) in [5, 5.41) is 11.6. The Labute approximate surface area is 266 Å². The maximum absolute atomic E-state index is 12.7. The Kier molecular flexibility index (Phi) is 11.3. The van der Waals surface area contributed by atoms with Crippen LogP contribution in [0.25, 0.3) is 11.1 Å². The fourth-order valence-corrected chi connectivity index (χ4v) is 6.43. The van der Waals surface area contributed by atoms with Crippen molar-refractivity contribution >= 4 is 33.3 Å². The van der Waals surface area contributed by atoms with Crippen LogP contribution in [0.5, 0.6) is 5.75 Å². The van der Waals surface area contributed by atoms with Crippen LogP contribution in [-0.4, -0.2) is 72.9 Å². The zero-order chi connectivity index (χ0) is 33.5. The molecule has 3 aromatic rings. The van der Waals surface area contributed by atoms with Crippen molar-refractivity contribution in [1.29, 1.82) is 0 Å². The Morgan fingerprint density at radius 3 is 2.24 bits per heavy atom. The number of carboxylic acids is 1. The van der Waals surface area contributed by atoms with Gasteiger partial charge in [0, 0.05) is 55.6 Å². The third kappa shape index (κ3) is 10.2. The number of aromatic carboxylic acids is 1. The molecule has 1 heterocycles. The maximum atomic E-state index is 12.7. The van der Waals surface area contributed by atoms with Crippen LogP contribution in [0.4, 0.5) is 24.5 Å². The lowest BCUT2D eigenvalue weighted by Crippen LogP contribution is -2.48. The van der Waals surface area contributed by atoms with Gasteiger partial charge in [-0.2, -0.15) is 4.31 Å². The highest BCUT2D eigenvalue weighted by atomic mass is 32.2. The van der Waals surface area contributed by atoms with E-state index in [0.717, 1.165) is 44.2 Å². The molecule has 4 N–H and O–H groups in total. The van der Waals surface area contributed by atoms with E-state index in [0.29, 0.717) is 30.8 Å². The van der Waals surface area contributed by atoms with Crippen LogP contribution in [-0.2, 0) is 21.4 Å². The number of benzene rings is 3. The number of carbonyl (C=O) groups is 2. The van der Waals surface area contributed by atoms with Crippen LogP contribution >= 0.6 is 0 Å². The van der Waals surface area contributed by atoms with Crippen molar-refractivity contribution in [3.8, 4) is 16.9 Å². The maximum Gasteiger partial charge on any atom is 0.573 e. The number of sulfonamides is 1. The molecule has 0 spiro atoms. The van der Waals surface area contributed by atoms with Gasteiger partial charge < -0.3 is 20.9 Å². The first kappa shape index (κ1) is 34.7. The summed E-state index contributed by atoms with van der Waals surface area (Å²) in [7, 11) is -3.05. The molecule has 1 amide bonds. The van der Waals surface area contributed by atoms with E-state index in [1.165, 1.54) is 42.0 Å². The molecule has 1 saturated heterocycles. The summed E-state index contributed by atoms with van der Waals surface area (Å²) in [6, 6.07) is 17.0. The smallest absolute Gasteiger partial charge is 0.478 e. The van der Waals surface area contributed by atoms with Gasteiger partial charge in [-0.25, -0.2) is 13.2 Å². The SMILES string of the molecule is CCCS(=O)(=O)N1CCN(Cc2cccc(N)c2)CC1.O=C(O)c1ccc(-c2cc(NC(=O)C3CC3)ccc2OC(F)(F)F)cc1. The van der Waals surface area contributed by atoms with Gasteiger partial charge in [0.2, 0.25) is 15.9 Å². The summed E-state index contributed by atoms with van der Waals surface area (Å²) in [5.41, 5.74) is 8.48. The highest BCUT2D eigenvalue weighted by Gasteiger charge is 2.33. The van der Waals surface area contributed by atoms with Gasteiger partial charge >= 0.3 is 12.3 Å². The Morgan fingerprint density at radius 2 is 1.67 bits per heavy atom. The molecule has 0 unspecified atom stereocenters. The first-order valence-electron chi connectivity index (χ1n) is 14.8. The second-order valence-corrected chi connectivity index (χ2v) is 13.2. The molecule has 46 heavy (non-hydrogen) atoms. The Hall–Kier alpha value is -4.14. The van der Waals surface area contributed by atoms with E-state index in [1.807, 2.05) is 25.1 Å². The molecule has 248 valence electrons. The van der Waals surface area contributed by atoms with E-state index in [4.69, 9.17) is 10.8 Å². The number of hydrogen-bond donors (Lipinski definition) is 3. The van der Waals surface area contributed by atoms with E-state index < -0.39 is 28.1 Å². The number of alkyl halides is 3. The molecule has 10 nitrogen and oxygen atoms in total. The van der Waals surface area contributed by atoms with Gasteiger partial charge in [-0.1, -0.05) is 31.2 Å². The topological polar surface area (TPSA) is 142 Å². The lowest BCUT2D eigenvalue weighted by Gasteiger charge is -2.34. The molecule has 2 aliphatic rings. The second kappa shape index (κ2) is 15.0. The van der Waals surface area contributed by atoms with Crippen molar-refractivity contribution in [1.82, 2.24) is 9.21 Å². The zero-order valence-corrected chi connectivity index (χ0v) is 26.1. The number of anilines is 2. The number of nitrogens with two attached hydrogens (primary N) is 1. The summed E-state index contributed by atoms with van der Waals surface area (Å²) in [6.45, 7) is 5.45. The minimum absolute atomic E-state index is 0.00484. The molecule has 3 aromatic carbocycles. The zero-order valence-electron chi connectivity index (χ0n) is 25.3. The van der Waals surface area contributed by atoms with Crippen LogP contribution in [0.1, 0.15) is 42.1 Å². The molecule has 0 radical (unpaired) electrons. The van der Waals surface area contributed by atoms with Crippen molar-refractivity contribution < 1.29 is 41.0 Å². The number of piperazine rings is 1. The molecule has 0 bridgehead atoms. The number of amides is 1. The third-order valence-electron chi connectivity index (χ3n) is 7.41. The number of hydrogen-bond acceptors (Lipinski definition) is 7. The summed E-state index contributed by atoms with van der Waals surface area (Å²) in [4.78, 5) is 25.1. The van der Waals surface area contributed by atoms with E-state index >= 15 is 0 Å². The van der Waals surface area contributed by atoms with Gasteiger partial charge in [-0.15, -0.1) is 13.2 Å². The van der Waals surface area contributed by atoms with Crippen molar-refractivity contribution in [3.05, 3.63) is 77.9 Å². The number of ether oxygens (including phenoxy) is 1. The quantitative estimate of drug-likeness (QED) is 0.244. The predicted molar refractivity (Wildman–Crippen MR) is 169 cm³/mol. The van der Waals surface area contributed by atoms with E-state index in [1.54, 1.807) is 4.31 Å². The minimum Gasteiger partial charge on any atom is -0.478 e. The average Bonchev–Trinajstić information content (AvgIpc) is 3.84. The molecule has 1 aliphatic heterocycles. The van der Waals surface area contributed by atoms with Crippen LogP contribution in [0.2, 0.25) is 0 Å². The van der Waals surface area contributed by atoms with Gasteiger partial charge in [0.1, 0.15) is 5.75 Å². The molecule has 5 rings (SSSR count). The third-order valence-corrected chi connectivity index (χ3v) is 9.48. The number of nitrogens with one attached hydrogen (secondary N) is 1. The lowest BCUT2D eigenvalue weighted by atomic mass is 10.0. The van der Waals surface area contributed by atoms with Crippen molar-refractivity contribution in [2.45, 2.75) is 39.1 Å². The highest BCUT2D eigenvalue weighted by molar-refractivity contribution is 7.89. The summed E-state index contributed by atoms with van der Waals surface area (Å²) in [6.07, 6.45) is -2.62. The van der Waals surface area contributed by atoms with Gasteiger partial charge in [-0.05, 0) is 72.9 Å². The molecule has 1 aliphatic carbocycles. The van der Waals surface area contributed by atoms with Gasteiger partial charge in [0.15, 0.2) is 0 Å². The van der Waals surface area contributed by atoms with E-state index in [2.05, 4.69) is 21.0 Å². The first-order valence-corrected chi connectivity index (χ1v) is 16.4. The van der Waals surface area contributed by atoms with E-state index in [-0.39, 0.29) is 28.7 Å². The second-order valence-electron chi connectivity index (χ2n) is 11.1. The fraction of sp³-hybridized carbons (Fsp3) is 0.375. The monoisotopic (exact) mass is 662 g/mol. The fourth-order valence-electron chi connectivity index (χ4n) is 4.93. The van der Waals surface area contributed by atoms with Crippen LogP contribution in [0, 0.1) is 5.92 Å². The molecule has 14 heteroatoms. The van der Waals surface area contributed by atoms with Crippen molar-refractivity contribution in [2.75, 3.05) is 43.0 Å². The standard InChI is InChI=1S/C18H14F3NO4.C14H23N3O2S/c19-18(20,21)26-15-8-7-13(22-16(23)11-3-4-11)9-14(15)10-1-5-12(6-2-10)17(24)25;1-2-10-20(18,19)17-8-6-16(7-9-17)12-13-4-3-5-14(15)11-13/h1-2,5-9,11H,3-4H2,(H,22,23)(H,24,25);3-5,11H,2,6-10,12,15H2,1H3. The Bertz CT molecular complexity index is 1620. The van der Waals surface area contributed by atoms with E-state index in [9.17, 15) is 31.2 Å². The Balaban J connectivity index is 0.000000216. The molecule has 0 atom stereocenters. The van der Waals surface area contributed by atoms with Crippen molar-refractivity contribution in [3.63, 3.8) is 0 Å². The Morgan fingerprint density at radius 1 is 1.00 bits per heavy atom. The van der Waals surface area contributed by atoms with Crippen LogP contribution in [0.15, 0.2) is 66.7 Å². The van der Waals surface area contributed by atoms with Crippen LogP contribution < -0.4 is 15.8 Å². The number of nitrogens with zero attached hydrogens (tertiary/aromatic N) is 2. The van der Waals surface area contributed by atoms with Gasteiger partial charge in [0.05, 0.1) is 11.3 Å². The molecule has 2 fully saturated rings. The predicted octanol–water partition coefficient (Wildman–Crippen LogP) is 5.43. The van der Waals surface area contributed by atoms with Crippen molar-refractivity contribution in [2.24, 2.45) is 5.92 Å². The summed E-state index contributed by atoms with van der Waals surface area (Å²) >= 11 is 0. The number of nitrogen functional groups attached to an aromatic ring is 1. The number of halogens is 3. The van der Waals surface area contributed by atoms with Gasteiger partial charge in [0.25, 0.3) is 0 Å². The summed E-state index contributed by atoms with van der Waals surface area (Å²) < 4.78 is 67.6. The normalized spacial score (nSPS) is 15.8. The number of carboxylic acid groups (broad SMARTS) is 1. The first-order chi connectivity index (χ1) is 21.7. The largest absolute Gasteiger partial charge is 0.573 e. The molecule has 1 saturated carbocycles. The minimum atomic E-state index is -4.88.